The van der Waals surface area contributed by atoms with Gasteiger partial charge in [0.25, 0.3) is 5.56 Å². The largest absolute Gasteiger partial charge is 0.497 e. The van der Waals surface area contributed by atoms with Gasteiger partial charge >= 0.3 is 0 Å². The van der Waals surface area contributed by atoms with Crippen molar-refractivity contribution < 1.29 is 9.47 Å². The molecule has 0 spiro atoms. The third-order valence-corrected chi connectivity index (χ3v) is 5.60. The fourth-order valence-electron chi connectivity index (χ4n) is 3.91. The highest BCUT2D eigenvalue weighted by atomic mass is 32.1. The molecule has 35 heavy (non-hydrogen) atoms. The van der Waals surface area contributed by atoms with Crippen LogP contribution in [0.3, 0.4) is 0 Å². The second kappa shape index (κ2) is 9.66. The van der Waals surface area contributed by atoms with Crippen LogP contribution in [0.4, 0.5) is 5.69 Å². The fraction of sp³-hybridized carbons (Fsp3) is 0.261. The molecule has 0 aliphatic carbocycles. The number of nitrogens with one attached hydrogen (secondary N) is 3. The minimum atomic E-state index is -0.308. The number of hydrogen-bond acceptors (Lipinski definition) is 8. The summed E-state index contributed by atoms with van der Waals surface area (Å²) >= 11 is 0. The van der Waals surface area contributed by atoms with E-state index in [1.807, 2.05) is 20.0 Å². The molecule has 0 bridgehead atoms. The summed E-state index contributed by atoms with van der Waals surface area (Å²) < 4.78 is 12.6. The van der Waals surface area contributed by atoms with Crippen molar-refractivity contribution in [3.05, 3.63) is 53.0 Å². The molecule has 1 atom stereocenters. The molecule has 4 aromatic heterocycles. The number of aromatic nitrogens is 7. The normalized spacial score (nSPS) is 11.9. The Bertz CT molecular complexity index is 1540. The predicted octanol–water partition coefficient (Wildman–Crippen LogP) is 3.38. The van der Waals surface area contributed by atoms with E-state index in [1.165, 1.54) is 0 Å². The van der Waals surface area contributed by atoms with E-state index in [1.54, 1.807) is 49.5 Å². The lowest BCUT2D eigenvalue weighted by atomic mass is 10.1. The Morgan fingerprint density at radius 2 is 1.86 bits per heavy atom. The zero-order valence-electron chi connectivity index (χ0n) is 19.7. The van der Waals surface area contributed by atoms with Gasteiger partial charge in [-0.05, 0) is 19.9 Å². The minimum Gasteiger partial charge on any atom is -0.497 e. The molecule has 0 aliphatic rings. The van der Waals surface area contributed by atoms with Gasteiger partial charge in [0, 0.05) is 37.3 Å². The maximum Gasteiger partial charge on any atom is 0.261 e. The number of benzene rings is 1. The molecule has 5 aromatic rings. The van der Waals surface area contributed by atoms with Crippen LogP contribution in [-0.4, -0.2) is 48.9 Å². The Labute approximate surface area is 207 Å². The zero-order chi connectivity index (χ0) is 23.8. The molecule has 0 saturated carbocycles. The minimum absolute atomic E-state index is 0. The second-order valence-electron chi connectivity index (χ2n) is 7.74. The van der Waals surface area contributed by atoms with Gasteiger partial charge in [-0.15, -0.1) is 0 Å². The van der Waals surface area contributed by atoms with E-state index in [4.69, 9.17) is 14.5 Å². The number of imidazole rings is 1. The molecular formula is C23H26N8O3S. The number of aryl methyl sites for hydroxylation is 1. The number of rotatable bonds is 7. The van der Waals surface area contributed by atoms with Crippen LogP contribution in [0, 0.1) is 0 Å². The number of hydrogen-bond donors (Lipinski definition) is 3. The maximum atomic E-state index is 13.3. The zero-order valence-corrected chi connectivity index (χ0v) is 20.7. The number of aromatic amines is 2. The summed E-state index contributed by atoms with van der Waals surface area (Å²) in [7, 11) is 3.14. The van der Waals surface area contributed by atoms with Gasteiger partial charge in [-0.2, -0.15) is 18.6 Å². The van der Waals surface area contributed by atoms with E-state index < -0.39 is 0 Å². The second-order valence-corrected chi connectivity index (χ2v) is 7.74. The van der Waals surface area contributed by atoms with E-state index in [-0.39, 0.29) is 25.1 Å². The molecule has 0 radical (unpaired) electrons. The van der Waals surface area contributed by atoms with Crippen LogP contribution in [0.15, 0.2) is 41.6 Å². The van der Waals surface area contributed by atoms with Crippen molar-refractivity contribution in [1.29, 1.82) is 0 Å². The van der Waals surface area contributed by atoms with Gasteiger partial charge in [-0.1, -0.05) is 0 Å². The van der Waals surface area contributed by atoms with E-state index in [2.05, 4.69) is 30.4 Å². The Morgan fingerprint density at radius 1 is 1.09 bits per heavy atom. The van der Waals surface area contributed by atoms with Crippen molar-refractivity contribution in [1.82, 2.24) is 34.7 Å². The molecule has 182 valence electrons. The van der Waals surface area contributed by atoms with Crippen molar-refractivity contribution in [2.24, 2.45) is 0 Å². The third kappa shape index (κ3) is 4.28. The van der Waals surface area contributed by atoms with E-state index >= 15 is 0 Å². The van der Waals surface area contributed by atoms with Gasteiger partial charge in [-0.3, -0.25) is 9.48 Å². The lowest BCUT2D eigenvalue weighted by Gasteiger charge is -2.16. The predicted molar refractivity (Wildman–Crippen MR) is 139 cm³/mol. The summed E-state index contributed by atoms with van der Waals surface area (Å²) in [4.78, 5) is 32.9. The summed E-state index contributed by atoms with van der Waals surface area (Å²) in [6.45, 7) is 4.57. The standard InChI is InChI=1S/C23H24N8O3.H2S/c1-5-31-11-15-19(30-31)20(26-12(2)21-24-7-6-8-25-21)17(23(32)28-15)22-27-14-9-13(33-3)10-16(34-4)18(14)29-22;/h6-12,26H,5H2,1-4H3,(H,27,29)(H,28,32);1H2/t12-;/m0./s1. The molecule has 0 unspecified atom stereocenters. The van der Waals surface area contributed by atoms with Crippen LogP contribution in [0.2, 0.25) is 0 Å². The van der Waals surface area contributed by atoms with Crippen LogP contribution < -0.4 is 20.3 Å². The highest BCUT2D eigenvalue weighted by Gasteiger charge is 2.23. The van der Waals surface area contributed by atoms with Crippen LogP contribution in [0.25, 0.3) is 33.5 Å². The SMILES string of the molecule is CCn1cc2[nH]c(=O)c(-c3nc4c(OC)cc(OC)cc4[nH]3)c(N[C@@H](C)c3ncccn3)c2n1.S. The Balaban J connectivity index is 0.00000289. The molecule has 5 rings (SSSR count). The van der Waals surface area contributed by atoms with Crippen molar-refractivity contribution in [3.8, 4) is 22.9 Å². The van der Waals surface area contributed by atoms with Gasteiger partial charge in [0.15, 0.2) is 0 Å². The first-order chi connectivity index (χ1) is 16.5. The lowest BCUT2D eigenvalue weighted by Crippen LogP contribution is -2.17. The van der Waals surface area contributed by atoms with E-state index in [0.717, 1.165) is 0 Å². The van der Waals surface area contributed by atoms with Crippen LogP contribution in [0.5, 0.6) is 11.5 Å². The first kappa shape index (κ1) is 24.1. The molecule has 11 nitrogen and oxygen atoms in total. The molecule has 0 amide bonds. The smallest absolute Gasteiger partial charge is 0.261 e. The molecule has 1 aromatic carbocycles. The number of anilines is 1. The number of ether oxygens (including phenoxy) is 2. The lowest BCUT2D eigenvalue weighted by molar-refractivity contribution is 0.397. The van der Waals surface area contributed by atoms with Gasteiger partial charge in [0.1, 0.15) is 39.7 Å². The first-order valence-corrected chi connectivity index (χ1v) is 10.8. The Hall–Kier alpha value is -4.06. The monoisotopic (exact) mass is 494 g/mol. The maximum absolute atomic E-state index is 13.3. The summed E-state index contributed by atoms with van der Waals surface area (Å²) in [6, 6.07) is 5.01. The quantitative estimate of drug-likeness (QED) is 0.313. The molecule has 0 saturated heterocycles. The van der Waals surface area contributed by atoms with Crippen LogP contribution in [-0.2, 0) is 6.54 Å². The van der Waals surface area contributed by atoms with Crippen LogP contribution >= 0.6 is 13.5 Å². The molecule has 0 aliphatic heterocycles. The summed E-state index contributed by atoms with van der Waals surface area (Å²) in [5.41, 5.74) is 3.05. The molecule has 12 heteroatoms. The summed E-state index contributed by atoms with van der Waals surface area (Å²) in [5, 5.41) is 8.08. The third-order valence-electron chi connectivity index (χ3n) is 5.60. The molecule has 0 fully saturated rings. The average molecular weight is 495 g/mol. The van der Waals surface area contributed by atoms with Gasteiger partial charge in [0.05, 0.1) is 37.0 Å². The fourth-order valence-corrected chi connectivity index (χ4v) is 3.91. The summed E-state index contributed by atoms with van der Waals surface area (Å²) in [6.07, 6.45) is 5.17. The Kier molecular flexibility index (Phi) is 6.65. The van der Waals surface area contributed by atoms with Gasteiger partial charge in [-0.25, -0.2) is 15.0 Å². The number of H-pyrrole nitrogens is 2. The molecule has 3 N–H and O–H groups in total. The van der Waals surface area contributed by atoms with Crippen molar-refractivity contribution in [2.45, 2.75) is 26.4 Å². The number of methoxy groups -OCH3 is 2. The first-order valence-electron chi connectivity index (χ1n) is 10.8. The highest BCUT2D eigenvalue weighted by Crippen LogP contribution is 2.35. The Morgan fingerprint density at radius 3 is 2.54 bits per heavy atom. The molecular weight excluding hydrogens is 468 g/mol. The van der Waals surface area contributed by atoms with Crippen LogP contribution in [0.1, 0.15) is 25.7 Å². The average Bonchev–Trinajstić information content (AvgIpc) is 3.47. The number of fused-ring (bicyclic) bond motifs is 2. The summed E-state index contributed by atoms with van der Waals surface area (Å²) in [5.74, 6) is 2.11. The number of nitrogens with zero attached hydrogens (tertiary/aromatic N) is 5. The highest BCUT2D eigenvalue weighted by molar-refractivity contribution is 7.59. The van der Waals surface area contributed by atoms with E-state index in [0.29, 0.717) is 63.0 Å². The van der Waals surface area contributed by atoms with Crippen molar-refractivity contribution in [3.63, 3.8) is 0 Å². The van der Waals surface area contributed by atoms with E-state index in [9.17, 15) is 4.79 Å². The van der Waals surface area contributed by atoms with Gasteiger partial charge in [0.2, 0.25) is 0 Å². The van der Waals surface area contributed by atoms with Crippen molar-refractivity contribution in [2.75, 3.05) is 19.5 Å². The van der Waals surface area contributed by atoms with Crippen molar-refractivity contribution >= 4 is 41.2 Å². The topological polar surface area (TPSA) is 136 Å². The van der Waals surface area contributed by atoms with Gasteiger partial charge < -0.3 is 24.8 Å². The number of pyridine rings is 1. The molecule has 4 heterocycles.